The van der Waals surface area contributed by atoms with Gasteiger partial charge in [0.05, 0.1) is 57.1 Å². The number of aryl methyl sites for hydroxylation is 2. The topological polar surface area (TPSA) is 279 Å². The number of halogens is 2. The van der Waals surface area contributed by atoms with E-state index in [-0.39, 0.29) is 87.7 Å². The molecule has 0 saturated carbocycles. The molecule has 0 radical (unpaired) electrons. The normalized spacial score (nSPS) is 11.5. The van der Waals surface area contributed by atoms with Gasteiger partial charge in [0.15, 0.2) is 19.7 Å². The van der Waals surface area contributed by atoms with Crippen LogP contribution in [0.4, 0.5) is 11.4 Å². The SMILES string of the molecule is CC(=O)NCCOc1ccc(CCCS(=O)(=O)c2ccc(Cl)cc2)cc1NC(=O)c1cccc(OCc2nc(C(C)(C)C)cs2)c1.CC(=O)NCCOc1ccc(CCCS(=O)(=O)c2ccc(Cl)cc2)cc1NC(=O)c1cccc(OCc2nc(C(C)(C)C)cs2)c1.O. The summed E-state index contributed by atoms with van der Waals surface area (Å²) < 4.78 is 74.8. The second-order valence-electron chi connectivity index (χ2n) is 23.4. The van der Waals surface area contributed by atoms with Crippen LogP contribution in [0.5, 0.6) is 23.0 Å². The number of aromatic nitrogens is 2. The monoisotopic (exact) mass is 1380 g/mol. The summed E-state index contributed by atoms with van der Waals surface area (Å²) in [6, 6.07) is 36.6. The number of carbonyl (C=O) groups excluding carboxylic acids is 4. The van der Waals surface area contributed by atoms with E-state index in [0.29, 0.717) is 94.3 Å². The minimum absolute atomic E-state index is 0. The van der Waals surface area contributed by atoms with Crippen LogP contribution in [-0.2, 0) is 66.1 Å². The summed E-state index contributed by atoms with van der Waals surface area (Å²) in [6.45, 7) is 17.0. The molecule has 0 spiro atoms. The lowest BCUT2D eigenvalue weighted by Gasteiger charge is -2.15. The van der Waals surface area contributed by atoms with Gasteiger partial charge in [-0.15, -0.1) is 22.7 Å². The van der Waals surface area contributed by atoms with Gasteiger partial charge in [-0.2, -0.15) is 0 Å². The van der Waals surface area contributed by atoms with Gasteiger partial charge in [0.2, 0.25) is 11.8 Å². The quantitative estimate of drug-likeness (QED) is 0.0332. The Morgan fingerprint density at radius 2 is 0.882 bits per heavy atom. The van der Waals surface area contributed by atoms with Crippen LogP contribution in [0.15, 0.2) is 154 Å². The van der Waals surface area contributed by atoms with Crippen molar-refractivity contribution in [2.45, 2.75) is 115 Å². The number of sulfone groups is 2. The largest absolute Gasteiger partial charge is 0.490 e. The predicted octanol–water partition coefficient (Wildman–Crippen LogP) is 12.9. The molecule has 4 amide bonds. The molecular formula is C68H78Cl2N6O13S4. The number of ether oxygens (including phenoxy) is 4. The Morgan fingerprint density at radius 3 is 1.23 bits per heavy atom. The first-order valence-corrected chi connectivity index (χ1v) is 35.4. The molecule has 0 fully saturated rings. The lowest BCUT2D eigenvalue weighted by molar-refractivity contribution is -0.119. The van der Waals surface area contributed by atoms with Gasteiger partial charge in [0.1, 0.15) is 59.4 Å². The van der Waals surface area contributed by atoms with Crippen LogP contribution in [0.3, 0.4) is 0 Å². The Kier molecular flexibility index (Phi) is 27.4. The smallest absolute Gasteiger partial charge is 0.255 e. The van der Waals surface area contributed by atoms with Gasteiger partial charge in [0.25, 0.3) is 11.8 Å². The second kappa shape index (κ2) is 34.3. The van der Waals surface area contributed by atoms with Crippen molar-refractivity contribution < 1.29 is 60.4 Å². The standard InChI is InChI=1S/2C34H38ClN3O6S2.H2O/c2*1-23(39)36-16-17-43-30-15-10-24(7-6-18-46(41,42)28-13-11-26(35)12-14-28)19-29(30)37-33(40)25-8-5-9-27(20-25)44-21-32-38-31(22-45-32)34(2,3)4;/h2*5,8-15,19-20,22H,6-7,16-18,21H2,1-4H3,(H,36,39)(H,37,40);1H2. The van der Waals surface area contributed by atoms with E-state index in [1.165, 1.54) is 60.8 Å². The van der Waals surface area contributed by atoms with Gasteiger partial charge < -0.3 is 45.7 Å². The van der Waals surface area contributed by atoms with Gasteiger partial charge in [-0.1, -0.05) is 89.0 Å². The van der Waals surface area contributed by atoms with Crippen LogP contribution in [-0.4, -0.2) is 93.7 Å². The molecule has 0 atom stereocenters. The van der Waals surface area contributed by atoms with Crippen LogP contribution in [0.2, 0.25) is 10.0 Å². The number of hydrogen-bond donors (Lipinski definition) is 4. The summed E-state index contributed by atoms with van der Waals surface area (Å²) in [7, 11) is -6.95. The highest BCUT2D eigenvalue weighted by Gasteiger charge is 2.22. The van der Waals surface area contributed by atoms with Gasteiger partial charge in [-0.25, -0.2) is 26.8 Å². The summed E-state index contributed by atoms with van der Waals surface area (Å²) in [5, 5.41) is 17.9. The molecule has 0 aliphatic carbocycles. The van der Waals surface area contributed by atoms with E-state index >= 15 is 0 Å². The Balaban J connectivity index is 0.000000292. The fraction of sp³-hybridized carbons (Fsp3) is 0.324. The molecule has 0 aliphatic rings. The minimum Gasteiger partial charge on any atom is -0.490 e. The Hall–Kier alpha value is -7.90. The molecule has 25 heteroatoms. The molecule has 6 aromatic carbocycles. The average molecular weight is 1390 g/mol. The molecule has 0 saturated heterocycles. The van der Waals surface area contributed by atoms with E-state index < -0.39 is 19.7 Å². The summed E-state index contributed by atoms with van der Waals surface area (Å²) >= 11 is 14.9. The summed E-state index contributed by atoms with van der Waals surface area (Å²) in [5.41, 5.74) is 5.18. The van der Waals surface area contributed by atoms with Crippen molar-refractivity contribution in [2.75, 3.05) is 48.4 Å². The zero-order valence-electron chi connectivity index (χ0n) is 53.0. The number of anilines is 2. The number of carbonyl (C=O) groups is 4. The maximum Gasteiger partial charge on any atom is 0.255 e. The molecule has 0 aliphatic heterocycles. The number of nitrogens with one attached hydrogen (secondary N) is 4. The maximum absolute atomic E-state index is 13.4. The second-order valence-corrected chi connectivity index (χ2v) is 30.3. The third-order valence-corrected chi connectivity index (χ3v) is 19.5. The van der Waals surface area contributed by atoms with Crippen molar-refractivity contribution in [1.29, 1.82) is 0 Å². The highest BCUT2D eigenvalue weighted by Crippen LogP contribution is 2.32. The van der Waals surface area contributed by atoms with Crippen LogP contribution < -0.4 is 40.2 Å². The van der Waals surface area contributed by atoms with Crippen molar-refractivity contribution in [2.24, 2.45) is 0 Å². The minimum atomic E-state index is -3.48. The van der Waals surface area contributed by atoms with Gasteiger partial charge in [-0.3, -0.25) is 19.2 Å². The first-order chi connectivity index (χ1) is 43.6. The zero-order valence-corrected chi connectivity index (χ0v) is 57.8. The third kappa shape index (κ3) is 23.9. The van der Waals surface area contributed by atoms with Crippen LogP contribution >= 0.6 is 45.9 Å². The Morgan fingerprint density at radius 1 is 0.505 bits per heavy atom. The molecule has 6 N–H and O–H groups in total. The molecule has 2 aromatic heterocycles. The van der Waals surface area contributed by atoms with Crippen LogP contribution in [0.25, 0.3) is 0 Å². The molecule has 8 aromatic rings. The lowest BCUT2D eigenvalue weighted by Crippen LogP contribution is -2.25. The molecular weight excluding hydrogens is 1310 g/mol. The van der Waals surface area contributed by atoms with Crippen molar-refractivity contribution in [3.63, 3.8) is 0 Å². The molecule has 0 bridgehead atoms. The van der Waals surface area contributed by atoms with Crippen molar-refractivity contribution in [3.8, 4) is 23.0 Å². The molecule has 0 unspecified atom stereocenters. The van der Waals surface area contributed by atoms with E-state index in [4.69, 9.17) is 42.1 Å². The van der Waals surface area contributed by atoms with E-state index in [9.17, 15) is 36.0 Å². The molecule has 496 valence electrons. The predicted molar refractivity (Wildman–Crippen MR) is 368 cm³/mol. The van der Waals surface area contributed by atoms with Gasteiger partial charge in [-0.05, 0) is 146 Å². The van der Waals surface area contributed by atoms with Gasteiger partial charge >= 0.3 is 0 Å². The van der Waals surface area contributed by atoms with E-state index in [1.807, 2.05) is 22.9 Å². The fourth-order valence-electron chi connectivity index (χ4n) is 8.72. The van der Waals surface area contributed by atoms with E-state index in [0.717, 1.165) is 32.5 Å². The number of nitrogens with zero attached hydrogens (tertiary/aromatic N) is 2. The molecule has 19 nitrogen and oxygen atoms in total. The zero-order chi connectivity index (χ0) is 66.6. The van der Waals surface area contributed by atoms with Crippen LogP contribution in [0, 0.1) is 0 Å². The van der Waals surface area contributed by atoms with Crippen LogP contribution in [0.1, 0.15) is 121 Å². The third-order valence-electron chi connectivity index (χ3n) is 13.7. The number of benzene rings is 6. The highest BCUT2D eigenvalue weighted by molar-refractivity contribution is 7.91. The Bertz CT molecular complexity index is 3800. The highest BCUT2D eigenvalue weighted by atomic mass is 35.5. The first-order valence-electron chi connectivity index (χ1n) is 29.6. The average Bonchev–Trinajstić information content (AvgIpc) is 1.96. The molecule has 2 heterocycles. The number of rotatable bonds is 28. The summed E-state index contributed by atoms with van der Waals surface area (Å²) in [5.74, 6) is 0.718. The van der Waals surface area contributed by atoms with E-state index in [1.54, 1.807) is 97.1 Å². The molecule has 8 rings (SSSR count). The molecule has 93 heavy (non-hydrogen) atoms. The maximum atomic E-state index is 13.4. The first kappa shape index (κ1) is 74.1. The van der Waals surface area contributed by atoms with Gasteiger partial charge in [0, 0.05) is 56.6 Å². The lowest BCUT2D eigenvalue weighted by atomic mass is 9.93. The number of hydrogen-bond acceptors (Lipinski definition) is 16. The number of amides is 4. The summed E-state index contributed by atoms with van der Waals surface area (Å²) in [6.07, 6.45) is 1.66. The van der Waals surface area contributed by atoms with Crippen molar-refractivity contribution >= 4 is 101 Å². The van der Waals surface area contributed by atoms with Crippen molar-refractivity contribution in [3.05, 3.63) is 198 Å². The number of thiazole rings is 2. The van der Waals surface area contributed by atoms with Crippen molar-refractivity contribution in [1.82, 2.24) is 20.6 Å². The van der Waals surface area contributed by atoms with E-state index in [2.05, 4.69) is 72.8 Å². The summed E-state index contributed by atoms with van der Waals surface area (Å²) in [4.78, 5) is 59.0. The Labute approximate surface area is 562 Å². The fourth-order valence-corrected chi connectivity index (χ4v) is 13.5.